The monoisotopic (exact) mass is 256 g/mol. The lowest BCUT2D eigenvalue weighted by atomic mass is 10.1. The van der Waals surface area contributed by atoms with Gasteiger partial charge >= 0.3 is 0 Å². The van der Waals surface area contributed by atoms with Crippen LogP contribution in [-0.4, -0.2) is 18.0 Å². The van der Waals surface area contributed by atoms with E-state index in [0.29, 0.717) is 6.10 Å². The molecule has 0 aliphatic heterocycles. The van der Waals surface area contributed by atoms with Gasteiger partial charge in [0.05, 0.1) is 12.7 Å². The molecule has 0 saturated carbocycles. The molecular weight excluding hydrogens is 240 g/mol. The van der Waals surface area contributed by atoms with E-state index in [2.05, 4.69) is 47.1 Å². The molecule has 1 atom stereocenters. The Morgan fingerprint density at radius 2 is 2.00 bits per heavy atom. The quantitative estimate of drug-likeness (QED) is 0.709. The molecule has 0 aliphatic carbocycles. The van der Waals surface area contributed by atoms with E-state index in [4.69, 9.17) is 4.74 Å². The van der Waals surface area contributed by atoms with Crippen molar-refractivity contribution < 1.29 is 4.74 Å². The van der Waals surface area contributed by atoms with E-state index in [-0.39, 0.29) is 0 Å². The lowest BCUT2D eigenvalue weighted by Gasteiger charge is -2.11. The van der Waals surface area contributed by atoms with Gasteiger partial charge in [0.15, 0.2) is 0 Å². The molecule has 0 amide bonds. The van der Waals surface area contributed by atoms with Crippen LogP contribution in [0.15, 0.2) is 30.3 Å². The van der Waals surface area contributed by atoms with Crippen LogP contribution in [0.4, 0.5) is 0 Å². The summed E-state index contributed by atoms with van der Waals surface area (Å²) in [5.74, 6) is 0. The van der Waals surface area contributed by atoms with Gasteiger partial charge in [0, 0.05) is 5.33 Å². The normalized spacial score (nSPS) is 12.7. The lowest BCUT2D eigenvalue weighted by Crippen LogP contribution is -2.10. The van der Waals surface area contributed by atoms with Crippen LogP contribution in [0.25, 0.3) is 0 Å². The highest BCUT2D eigenvalue weighted by atomic mass is 79.9. The zero-order valence-corrected chi connectivity index (χ0v) is 10.2. The fraction of sp³-hybridized carbons (Fsp3) is 0.500. The maximum Gasteiger partial charge on any atom is 0.0566 e. The van der Waals surface area contributed by atoms with Gasteiger partial charge in [0.2, 0.25) is 0 Å². The van der Waals surface area contributed by atoms with E-state index in [1.165, 1.54) is 5.56 Å². The van der Waals surface area contributed by atoms with Crippen molar-refractivity contribution in [3.8, 4) is 0 Å². The fourth-order valence-corrected chi connectivity index (χ4v) is 1.53. The average molecular weight is 257 g/mol. The molecule has 0 N–H and O–H groups in total. The Morgan fingerprint density at radius 3 is 2.64 bits per heavy atom. The second-order valence-corrected chi connectivity index (χ2v) is 4.19. The summed E-state index contributed by atoms with van der Waals surface area (Å²) in [6, 6.07) is 10.5. The van der Waals surface area contributed by atoms with E-state index in [0.717, 1.165) is 24.8 Å². The zero-order valence-electron chi connectivity index (χ0n) is 8.58. The number of halogens is 1. The van der Waals surface area contributed by atoms with Gasteiger partial charge < -0.3 is 4.74 Å². The summed E-state index contributed by atoms with van der Waals surface area (Å²) >= 11 is 3.35. The molecule has 1 unspecified atom stereocenters. The molecule has 1 nitrogen and oxygen atoms in total. The second kappa shape index (κ2) is 7.02. The Bertz CT molecular complexity index is 235. The van der Waals surface area contributed by atoms with Crippen molar-refractivity contribution in [2.75, 3.05) is 11.9 Å². The van der Waals surface area contributed by atoms with Crippen LogP contribution in [0.2, 0.25) is 0 Å². The average Bonchev–Trinajstić information content (AvgIpc) is 2.25. The Morgan fingerprint density at radius 1 is 1.29 bits per heavy atom. The topological polar surface area (TPSA) is 9.23 Å². The first-order valence-corrected chi connectivity index (χ1v) is 6.16. The smallest absolute Gasteiger partial charge is 0.0566 e. The Balaban J connectivity index is 2.20. The number of ether oxygens (including phenoxy) is 1. The number of hydrogen-bond acceptors (Lipinski definition) is 1. The van der Waals surface area contributed by atoms with Crippen molar-refractivity contribution in [1.82, 2.24) is 0 Å². The summed E-state index contributed by atoms with van der Waals surface area (Å²) in [5.41, 5.74) is 1.39. The second-order valence-electron chi connectivity index (χ2n) is 3.39. The van der Waals surface area contributed by atoms with Crippen molar-refractivity contribution in [3.05, 3.63) is 35.9 Å². The van der Waals surface area contributed by atoms with Crippen molar-refractivity contribution in [1.29, 1.82) is 0 Å². The first kappa shape index (κ1) is 11.7. The Hall–Kier alpha value is -0.340. The summed E-state index contributed by atoms with van der Waals surface area (Å²) in [6.45, 7) is 2.93. The molecular formula is C12H17BrO. The van der Waals surface area contributed by atoms with Crippen LogP contribution >= 0.6 is 15.9 Å². The van der Waals surface area contributed by atoms with Crippen molar-refractivity contribution in [2.45, 2.75) is 25.9 Å². The number of alkyl halides is 1. The van der Waals surface area contributed by atoms with Gasteiger partial charge in [0.25, 0.3) is 0 Å². The summed E-state index contributed by atoms with van der Waals surface area (Å²) in [4.78, 5) is 0. The highest BCUT2D eigenvalue weighted by molar-refractivity contribution is 9.09. The Labute approximate surface area is 94.6 Å². The van der Waals surface area contributed by atoms with Gasteiger partial charge in [-0.3, -0.25) is 0 Å². The van der Waals surface area contributed by atoms with Crippen LogP contribution in [0.1, 0.15) is 18.9 Å². The number of hydrogen-bond donors (Lipinski definition) is 0. The summed E-state index contributed by atoms with van der Waals surface area (Å²) in [5, 5.41) is 0.919. The van der Waals surface area contributed by atoms with Gasteiger partial charge in [-0.05, 0) is 25.3 Å². The molecule has 78 valence electrons. The molecule has 0 bridgehead atoms. The zero-order chi connectivity index (χ0) is 10.2. The van der Waals surface area contributed by atoms with Crippen LogP contribution in [0.5, 0.6) is 0 Å². The first-order chi connectivity index (χ1) is 6.83. The van der Waals surface area contributed by atoms with Crippen LogP contribution in [0.3, 0.4) is 0 Å². The minimum atomic E-state index is 0.354. The third-order valence-corrected chi connectivity index (χ3v) is 2.49. The molecule has 14 heavy (non-hydrogen) atoms. The molecule has 0 radical (unpaired) electrons. The number of benzene rings is 1. The van der Waals surface area contributed by atoms with Gasteiger partial charge in [-0.1, -0.05) is 46.3 Å². The maximum absolute atomic E-state index is 5.57. The Kier molecular flexibility index (Phi) is 5.88. The van der Waals surface area contributed by atoms with Crippen LogP contribution < -0.4 is 0 Å². The van der Waals surface area contributed by atoms with Crippen molar-refractivity contribution >= 4 is 15.9 Å². The predicted octanol–water partition coefficient (Wildman–Crippen LogP) is 3.42. The molecule has 0 aliphatic rings. The lowest BCUT2D eigenvalue weighted by molar-refractivity contribution is 0.0730. The van der Waals surface area contributed by atoms with E-state index in [9.17, 15) is 0 Å². The summed E-state index contributed by atoms with van der Waals surface area (Å²) in [6.07, 6.45) is 2.55. The largest absolute Gasteiger partial charge is 0.378 e. The minimum Gasteiger partial charge on any atom is -0.378 e. The molecule has 0 fully saturated rings. The van der Waals surface area contributed by atoms with Crippen molar-refractivity contribution in [3.63, 3.8) is 0 Å². The number of aryl methyl sites for hydroxylation is 1. The van der Waals surface area contributed by atoms with E-state index < -0.39 is 0 Å². The molecule has 1 aromatic rings. The first-order valence-electron chi connectivity index (χ1n) is 5.04. The molecule has 1 aromatic carbocycles. The highest BCUT2D eigenvalue weighted by Crippen LogP contribution is 2.06. The van der Waals surface area contributed by atoms with Gasteiger partial charge in [-0.25, -0.2) is 0 Å². The highest BCUT2D eigenvalue weighted by Gasteiger charge is 2.01. The van der Waals surface area contributed by atoms with E-state index >= 15 is 0 Å². The molecule has 0 saturated heterocycles. The minimum absolute atomic E-state index is 0.354. The standard InChI is InChI=1S/C12H17BrO/c1-11(14-10-9-13)7-8-12-5-3-2-4-6-12/h2-6,11H,7-10H2,1H3. The molecule has 0 spiro atoms. The summed E-state index contributed by atoms with van der Waals surface area (Å²) in [7, 11) is 0. The molecule has 2 heteroatoms. The fourth-order valence-electron chi connectivity index (χ4n) is 1.34. The van der Waals surface area contributed by atoms with Gasteiger partial charge in [-0.2, -0.15) is 0 Å². The third-order valence-electron chi connectivity index (χ3n) is 2.16. The maximum atomic E-state index is 5.57. The molecule has 0 aromatic heterocycles. The van der Waals surface area contributed by atoms with Gasteiger partial charge in [-0.15, -0.1) is 0 Å². The molecule has 0 heterocycles. The summed E-state index contributed by atoms with van der Waals surface area (Å²) < 4.78 is 5.57. The number of rotatable bonds is 6. The SMILES string of the molecule is CC(CCc1ccccc1)OCCBr. The molecule has 1 rings (SSSR count). The predicted molar refractivity (Wildman–Crippen MR) is 64.0 cm³/mol. The van der Waals surface area contributed by atoms with Gasteiger partial charge in [0.1, 0.15) is 0 Å². The van der Waals surface area contributed by atoms with E-state index in [1.807, 2.05) is 6.07 Å². The van der Waals surface area contributed by atoms with Crippen LogP contribution in [-0.2, 0) is 11.2 Å². The van der Waals surface area contributed by atoms with E-state index in [1.54, 1.807) is 0 Å². The van der Waals surface area contributed by atoms with Crippen LogP contribution in [0, 0.1) is 0 Å². The third kappa shape index (κ3) is 4.77. The van der Waals surface area contributed by atoms with Crippen molar-refractivity contribution in [2.24, 2.45) is 0 Å².